The summed E-state index contributed by atoms with van der Waals surface area (Å²) < 4.78 is 0. The van der Waals surface area contributed by atoms with Crippen LogP contribution in [0.3, 0.4) is 0 Å². The smallest absolute Gasteiger partial charge is 0.319 e. The second kappa shape index (κ2) is 8.22. The summed E-state index contributed by atoms with van der Waals surface area (Å²) in [4.78, 5) is 25.4. The number of carbonyl (C=O) groups excluding carboxylic acids is 1. The van der Waals surface area contributed by atoms with Crippen molar-refractivity contribution in [2.75, 3.05) is 32.6 Å². The van der Waals surface area contributed by atoms with Crippen LogP contribution in [0.5, 0.6) is 0 Å². The molecule has 0 aromatic heterocycles. The number of carboxylic acid groups (broad SMARTS) is 1. The van der Waals surface area contributed by atoms with Gasteiger partial charge in [-0.25, -0.2) is 4.79 Å². The van der Waals surface area contributed by atoms with E-state index in [1.54, 1.807) is 30.8 Å². The zero-order chi connectivity index (χ0) is 13.4. The minimum absolute atomic E-state index is 0.0186. The van der Waals surface area contributed by atoms with Gasteiger partial charge < -0.3 is 14.9 Å². The van der Waals surface area contributed by atoms with Gasteiger partial charge in [-0.1, -0.05) is 0 Å². The Morgan fingerprint density at radius 1 is 1.35 bits per heavy atom. The monoisotopic (exact) mass is 262 g/mol. The van der Waals surface area contributed by atoms with Gasteiger partial charge in [0.15, 0.2) is 0 Å². The highest BCUT2D eigenvalue weighted by molar-refractivity contribution is 7.98. The van der Waals surface area contributed by atoms with Crippen LogP contribution in [0.4, 0.5) is 4.79 Å². The second-order valence-corrected chi connectivity index (χ2v) is 5.07. The molecule has 0 spiro atoms. The maximum absolute atomic E-state index is 11.9. The number of amides is 2. The molecule has 0 rings (SSSR count). The number of thioether (sulfide) groups is 1. The maximum atomic E-state index is 11.9. The molecule has 1 unspecified atom stereocenters. The van der Waals surface area contributed by atoms with E-state index in [0.29, 0.717) is 0 Å². The Morgan fingerprint density at radius 3 is 2.41 bits per heavy atom. The first kappa shape index (κ1) is 16.1. The van der Waals surface area contributed by atoms with Crippen LogP contribution in [0.1, 0.15) is 19.8 Å². The third kappa shape index (κ3) is 6.41. The van der Waals surface area contributed by atoms with Crippen molar-refractivity contribution >= 4 is 23.8 Å². The maximum Gasteiger partial charge on any atom is 0.319 e. The van der Waals surface area contributed by atoms with Crippen molar-refractivity contribution in [1.29, 1.82) is 0 Å². The van der Waals surface area contributed by atoms with Crippen molar-refractivity contribution < 1.29 is 14.7 Å². The molecule has 0 saturated carbocycles. The first-order valence-electron chi connectivity index (χ1n) is 5.58. The topological polar surface area (TPSA) is 60.9 Å². The molecular formula is C11H22N2O3S. The Bertz CT molecular complexity index is 261. The normalized spacial score (nSPS) is 12.0. The van der Waals surface area contributed by atoms with Crippen LogP contribution in [0.15, 0.2) is 0 Å². The van der Waals surface area contributed by atoms with Crippen molar-refractivity contribution in [1.82, 2.24) is 9.80 Å². The van der Waals surface area contributed by atoms with E-state index in [0.717, 1.165) is 12.2 Å². The van der Waals surface area contributed by atoms with E-state index in [4.69, 9.17) is 5.11 Å². The molecule has 0 radical (unpaired) electrons. The standard InChI is InChI=1S/C11H22N2O3S/c1-9(6-8-17-4)13(3)11(16)12(2)7-5-10(14)15/h9H,5-8H2,1-4H3,(H,14,15). The summed E-state index contributed by atoms with van der Waals surface area (Å²) in [6.07, 6.45) is 2.96. The average molecular weight is 262 g/mol. The number of carbonyl (C=O) groups is 2. The molecule has 5 nitrogen and oxygen atoms in total. The van der Waals surface area contributed by atoms with Crippen molar-refractivity contribution in [2.24, 2.45) is 0 Å². The lowest BCUT2D eigenvalue weighted by Crippen LogP contribution is -2.44. The number of hydrogen-bond acceptors (Lipinski definition) is 3. The fraction of sp³-hybridized carbons (Fsp3) is 0.818. The molecule has 0 aliphatic heterocycles. The molecule has 0 bridgehead atoms. The minimum atomic E-state index is -0.886. The van der Waals surface area contributed by atoms with E-state index in [9.17, 15) is 9.59 Å². The Kier molecular flexibility index (Phi) is 7.78. The van der Waals surface area contributed by atoms with Gasteiger partial charge in [0.1, 0.15) is 0 Å². The molecule has 0 heterocycles. The summed E-state index contributed by atoms with van der Waals surface area (Å²) in [5.74, 6) is 0.125. The Hall–Kier alpha value is -0.910. The number of urea groups is 1. The molecule has 1 N–H and O–H groups in total. The lowest BCUT2D eigenvalue weighted by molar-refractivity contribution is -0.137. The lowest BCUT2D eigenvalue weighted by Gasteiger charge is -2.29. The summed E-state index contributed by atoms with van der Waals surface area (Å²) >= 11 is 1.75. The SMILES string of the molecule is CSCCC(C)N(C)C(=O)N(C)CCC(=O)O. The fourth-order valence-corrected chi connectivity index (χ4v) is 1.88. The molecule has 0 aromatic carbocycles. The molecular weight excluding hydrogens is 240 g/mol. The summed E-state index contributed by atoms with van der Waals surface area (Å²) in [6, 6.07) is 0.0436. The van der Waals surface area contributed by atoms with E-state index >= 15 is 0 Å². The quantitative estimate of drug-likeness (QED) is 0.757. The van der Waals surface area contributed by atoms with Crippen molar-refractivity contribution in [3.8, 4) is 0 Å². The molecule has 6 heteroatoms. The van der Waals surface area contributed by atoms with Crippen LogP contribution in [0.2, 0.25) is 0 Å². The molecule has 0 saturated heterocycles. The zero-order valence-corrected chi connectivity index (χ0v) is 11.8. The van der Waals surface area contributed by atoms with Crippen molar-refractivity contribution in [3.63, 3.8) is 0 Å². The third-order valence-corrected chi connectivity index (χ3v) is 3.33. The number of nitrogens with zero attached hydrogens (tertiary/aromatic N) is 2. The van der Waals surface area contributed by atoms with Crippen LogP contribution >= 0.6 is 11.8 Å². The van der Waals surface area contributed by atoms with Gasteiger partial charge in [0.2, 0.25) is 0 Å². The van der Waals surface area contributed by atoms with Crippen LogP contribution in [0.25, 0.3) is 0 Å². The predicted molar refractivity (Wildman–Crippen MR) is 70.5 cm³/mol. The second-order valence-electron chi connectivity index (χ2n) is 4.09. The van der Waals surface area contributed by atoms with Crippen LogP contribution < -0.4 is 0 Å². The van der Waals surface area contributed by atoms with E-state index in [1.807, 2.05) is 13.2 Å². The van der Waals surface area contributed by atoms with Gasteiger partial charge in [-0.15, -0.1) is 0 Å². The van der Waals surface area contributed by atoms with Gasteiger partial charge in [-0.2, -0.15) is 11.8 Å². The van der Waals surface area contributed by atoms with Gasteiger partial charge in [0.25, 0.3) is 0 Å². The summed E-state index contributed by atoms with van der Waals surface area (Å²) in [5.41, 5.74) is 0. The van der Waals surface area contributed by atoms with Gasteiger partial charge in [-0.3, -0.25) is 4.79 Å². The molecule has 17 heavy (non-hydrogen) atoms. The molecule has 100 valence electrons. The number of aliphatic carboxylic acids is 1. The molecule has 2 amide bonds. The van der Waals surface area contributed by atoms with Crippen LogP contribution in [-0.2, 0) is 4.79 Å². The molecule has 0 aromatic rings. The molecule has 1 atom stereocenters. The largest absolute Gasteiger partial charge is 0.481 e. The van der Waals surface area contributed by atoms with E-state index in [1.165, 1.54) is 4.90 Å². The third-order valence-electron chi connectivity index (χ3n) is 2.69. The summed E-state index contributed by atoms with van der Waals surface area (Å²) in [7, 11) is 3.38. The lowest BCUT2D eigenvalue weighted by atomic mass is 10.2. The number of carboxylic acids is 1. The van der Waals surface area contributed by atoms with Crippen molar-refractivity contribution in [3.05, 3.63) is 0 Å². The number of hydrogen-bond donors (Lipinski definition) is 1. The predicted octanol–water partition coefficient (Wildman–Crippen LogP) is 1.59. The average Bonchev–Trinajstić information content (AvgIpc) is 2.30. The van der Waals surface area contributed by atoms with Crippen LogP contribution in [0, 0.1) is 0 Å². The molecule has 0 aliphatic carbocycles. The van der Waals surface area contributed by atoms with E-state index in [2.05, 4.69) is 0 Å². The molecule has 0 fully saturated rings. The first-order chi connectivity index (χ1) is 7.90. The highest BCUT2D eigenvalue weighted by Gasteiger charge is 2.19. The first-order valence-corrected chi connectivity index (χ1v) is 6.98. The Labute approximate surface area is 107 Å². The van der Waals surface area contributed by atoms with E-state index < -0.39 is 5.97 Å². The van der Waals surface area contributed by atoms with E-state index in [-0.39, 0.29) is 25.0 Å². The fourth-order valence-electron chi connectivity index (χ4n) is 1.30. The van der Waals surface area contributed by atoms with Gasteiger partial charge >= 0.3 is 12.0 Å². The Morgan fingerprint density at radius 2 is 1.94 bits per heavy atom. The van der Waals surface area contributed by atoms with Gasteiger partial charge in [0, 0.05) is 26.7 Å². The highest BCUT2D eigenvalue weighted by Crippen LogP contribution is 2.08. The minimum Gasteiger partial charge on any atom is -0.481 e. The van der Waals surface area contributed by atoms with Crippen LogP contribution in [-0.4, -0.2) is 65.6 Å². The van der Waals surface area contributed by atoms with Gasteiger partial charge in [0.05, 0.1) is 6.42 Å². The van der Waals surface area contributed by atoms with Crippen molar-refractivity contribution in [2.45, 2.75) is 25.8 Å². The number of rotatable bonds is 7. The Balaban J connectivity index is 4.13. The highest BCUT2D eigenvalue weighted by atomic mass is 32.2. The van der Waals surface area contributed by atoms with Gasteiger partial charge in [-0.05, 0) is 25.4 Å². The summed E-state index contributed by atoms with van der Waals surface area (Å²) in [6.45, 7) is 2.24. The summed E-state index contributed by atoms with van der Waals surface area (Å²) in [5, 5.41) is 8.55. The molecule has 0 aliphatic rings. The zero-order valence-electron chi connectivity index (χ0n) is 11.0.